The zero-order valence-corrected chi connectivity index (χ0v) is 8.72. The largest absolute Gasteiger partial charge is 0.368 e. The zero-order chi connectivity index (χ0) is 9.97. The van der Waals surface area contributed by atoms with Crippen LogP contribution in [-0.4, -0.2) is 15.0 Å². The highest BCUT2D eigenvalue weighted by Crippen LogP contribution is 2.11. The lowest BCUT2D eigenvalue weighted by atomic mass is 10.2. The number of thiophene rings is 1. The van der Waals surface area contributed by atoms with Gasteiger partial charge in [-0.25, -0.2) is 4.98 Å². The molecule has 0 atom stereocenters. The molecule has 4 nitrogen and oxygen atoms in total. The maximum Gasteiger partial charge on any atom is 0.227 e. The Hall–Kier alpha value is -1.20. The summed E-state index contributed by atoms with van der Waals surface area (Å²) >= 11 is 7.28. The van der Waals surface area contributed by atoms with Crippen LogP contribution in [0.5, 0.6) is 0 Å². The molecule has 72 valence electrons. The second-order valence-corrected chi connectivity index (χ2v) is 3.81. The zero-order valence-electron chi connectivity index (χ0n) is 7.14. The first-order valence-corrected chi connectivity index (χ1v) is 5.23. The SMILES string of the molecule is Nc1nc(Cl)nc(Cc2ccsc2)n1. The van der Waals surface area contributed by atoms with Crippen LogP contribution >= 0.6 is 22.9 Å². The molecule has 2 heterocycles. The minimum atomic E-state index is 0.141. The standard InChI is InChI=1S/C8H7ClN4S/c9-7-11-6(12-8(10)13-7)3-5-1-2-14-4-5/h1-2,4H,3H2,(H2,10,11,12,13). The average molecular weight is 227 g/mol. The van der Waals surface area contributed by atoms with Crippen LogP contribution in [0.25, 0.3) is 0 Å². The van der Waals surface area contributed by atoms with E-state index in [0.717, 1.165) is 5.56 Å². The van der Waals surface area contributed by atoms with E-state index >= 15 is 0 Å². The van der Waals surface area contributed by atoms with Crippen molar-refractivity contribution in [2.45, 2.75) is 6.42 Å². The van der Waals surface area contributed by atoms with Crippen LogP contribution in [0.3, 0.4) is 0 Å². The number of nitrogens with zero attached hydrogens (tertiary/aromatic N) is 3. The van der Waals surface area contributed by atoms with E-state index in [1.165, 1.54) is 0 Å². The summed E-state index contributed by atoms with van der Waals surface area (Å²) in [6.07, 6.45) is 0.635. The molecule has 2 rings (SSSR count). The van der Waals surface area contributed by atoms with E-state index < -0.39 is 0 Å². The molecule has 6 heteroatoms. The molecule has 0 saturated carbocycles. The number of hydrogen-bond donors (Lipinski definition) is 1. The molecule has 0 aliphatic heterocycles. The van der Waals surface area contributed by atoms with Gasteiger partial charge in [0.2, 0.25) is 11.2 Å². The Morgan fingerprint density at radius 2 is 2.21 bits per heavy atom. The molecule has 0 amide bonds. The van der Waals surface area contributed by atoms with Gasteiger partial charge in [-0.15, -0.1) is 0 Å². The van der Waals surface area contributed by atoms with Gasteiger partial charge in [-0.3, -0.25) is 0 Å². The van der Waals surface area contributed by atoms with Crippen molar-refractivity contribution in [1.82, 2.24) is 15.0 Å². The highest BCUT2D eigenvalue weighted by Gasteiger charge is 2.03. The molecule has 2 N–H and O–H groups in total. The lowest BCUT2D eigenvalue weighted by molar-refractivity contribution is 0.932. The summed E-state index contributed by atoms with van der Waals surface area (Å²) in [7, 11) is 0. The first-order chi connectivity index (χ1) is 6.74. The van der Waals surface area contributed by atoms with Crippen molar-refractivity contribution in [3.63, 3.8) is 0 Å². The molecule has 14 heavy (non-hydrogen) atoms. The van der Waals surface area contributed by atoms with Gasteiger partial charge >= 0.3 is 0 Å². The Bertz CT molecular complexity index is 409. The minimum absolute atomic E-state index is 0.141. The molecule has 0 aliphatic rings. The van der Waals surface area contributed by atoms with Gasteiger partial charge in [-0.05, 0) is 34.0 Å². The third kappa shape index (κ3) is 2.18. The van der Waals surface area contributed by atoms with Crippen molar-refractivity contribution in [3.05, 3.63) is 33.5 Å². The van der Waals surface area contributed by atoms with Crippen LogP contribution < -0.4 is 5.73 Å². The molecule has 0 saturated heterocycles. The summed E-state index contributed by atoms with van der Waals surface area (Å²) in [5.41, 5.74) is 6.59. The molecular weight excluding hydrogens is 220 g/mol. The molecule has 0 bridgehead atoms. The van der Waals surface area contributed by atoms with Crippen molar-refractivity contribution in [2.24, 2.45) is 0 Å². The predicted molar refractivity (Wildman–Crippen MR) is 56.4 cm³/mol. The number of hydrogen-bond acceptors (Lipinski definition) is 5. The maximum absolute atomic E-state index is 5.65. The van der Waals surface area contributed by atoms with Crippen LogP contribution in [-0.2, 0) is 6.42 Å². The second kappa shape index (κ2) is 3.89. The quantitative estimate of drug-likeness (QED) is 0.848. The summed E-state index contributed by atoms with van der Waals surface area (Å²) in [5.74, 6) is 0.760. The lowest BCUT2D eigenvalue weighted by Gasteiger charge is -1.98. The predicted octanol–water partition coefficient (Wildman–Crippen LogP) is 1.76. The number of nitrogens with two attached hydrogens (primary N) is 1. The molecule has 0 spiro atoms. The number of rotatable bonds is 2. The van der Waals surface area contributed by atoms with Gasteiger partial charge in [0, 0.05) is 6.42 Å². The average Bonchev–Trinajstić information content (AvgIpc) is 2.54. The second-order valence-electron chi connectivity index (χ2n) is 2.69. The summed E-state index contributed by atoms with van der Waals surface area (Å²) in [4.78, 5) is 11.6. The van der Waals surface area contributed by atoms with Crippen LogP contribution in [0.15, 0.2) is 16.8 Å². The molecule has 2 aromatic heterocycles. The van der Waals surface area contributed by atoms with E-state index in [-0.39, 0.29) is 11.2 Å². The van der Waals surface area contributed by atoms with Gasteiger partial charge in [-0.2, -0.15) is 21.3 Å². The molecule has 2 aromatic rings. The van der Waals surface area contributed by atoms with Crippen molar-refractivity contribution in [3.8, 4) is 0 Å². The van der Waals surface area contributed by atoms with E-state index in [9.17, 15) is 0 Å². The van der Waals surface area contributed by atoms with Crippen molar-refractivity contribution in [1.29, 1.82) is 0 Å². The Morgan fingerprint density at radius 3 is 2.86 bits per heavy atom. The number of halogens is 1. The molecular formula is C8H7ClN4S. The topological polar surface area (TPSA) is 64.7 Å². The monoisotopic (exact) mass is 226 g/mol. The van der Waals surface area contributed by atoms with Crippen LogP contribution in [0.4, 0.5) is 5.95 Å². The summed E-state index contributed by atoms with van der Waals surface area (Å²) < 4.78 is 0. The first kappa shape index (κ1) is 9.36. The minimum Gasteiger partial charge on any atom is -0.368 e. The maximum atomic E-state index is 5.65. The fraction of sp³-hybridized carbons (Fsp3) is 0.125. The highest BCUT2D eigenvalue weighted by molar-refractivity contribution is 7.07. The Balaban J connectivity index is 2.25. The van der Waals surface area contributed by atoms with Gasteiger partial charge in [0.15, 0.2) is 0 Å². The van der Waals surface area contributed by atoms with Crippen molar-refractivity contribution >= 4 is 28.9 Å². The Labute approximate surface area is 89.8 Å². The number of aromatic nitrogens is 3. The lowest BCUT2D eigenvalue weighted by Crippen LogP contribution is -2.03. The van der Waals surface area contributed by atoms with Gasteiger partial charge in [0.1, 0.15) is 5.82 Å². The number of nitrogen functional groups attached to an aromatic ring is 1. The van der Waals surface area contributed by atoms with E-state index in [4.69, 9.17) is 17.3 Å². The molecule has 0 fully saturated rings. The van der Waals surface area contributed by atoms with E-state index in [1.807, 2.05) is 16.8 Å². The molecule has 0 unspecified atom stereocenters. The van der Waals surface area contributed by atoms with Crippen LogP contribution in [0.2, 0.25) is 5.28 Å². The van der Waals surface area contributed by atoms with Gasteiger partial charge in [0.05, 0.1) is 0 Å². The fourth-order valence-corrected chi connectivity index (χ4v) is 1.92. The Kier molecular flexibility index (Phi) is 2.60. The van der Waals surface area contributed by atoms with Gasteiger partial charge < -0.3 is 5.73 Å². The van der Waals surface area contributed by atoms with Gasteiger partial charge in [-0.1, -0.05) is 0 Å². The summed E-state index contributed by atoms with van der Waals surface area (Å²) in [5, 5.41) is 4.18. The summed E-state index contributed by atoms with van der Waals surface area (Å²) in [6.45, 7) is 0. The smallest absolute Gasteiger partial charge is 0.227 e. The Morgan fingerprint density at radius 1 is 1.36 bits per heavy atom. The van der Waals surface area contributed by atoms with E-state index in [0.29, 0.717) is 12.2 Å². The van der Waals surface area contributed by atoms with E-state index in [1.54, 1.807) is 11.3 Å². The number of anilines is 1. The van der Waals surface area contributed by atoms with Gasteiger partial charge in [0.25, 0.3) is 0 Å². The molecule has 0 aromatic carbocycles. The highest BCUT2D eigenvalue weighted by atomic mass is 35.5. The van der Waals surface area contributed by atoms with Crippen LogP contribution in [0, 0.1) is 0 Å². The first-order valence-electron chi connectivity index (χ1n) is 3.91. The van der Waals surface area contributed by atoms with Crippen molar-refractivity contribution < 1.29 is 0 Å². The van der Waals surface area contributed by atoms with Crippen molar-refractivity contribution in [2.75, 3.05) is 5.73 Å². The molecule has 0 aliphatic carbocycles. The van der Waals surface area contributed by atoms with E-state index in [2.05, 4.69) is 15.0 Å². The van der Waals surface area contributed by atoms with Crippen LogP contribution in [0.1, 0.15) is 11.4 Å². The third-order valence-electron chi connectivity index (χ3n) is 1.61. The fourth-order valence-electron chi connectivity index (χ4n) is 1.06. The summed E-state index contributed by atoms with van der Waals surface area (Å²) in [6, 6.07) is 2.01. The third-order valence-corrected chi connectivity index (χ3v) is 2.52. The normalized spacial score (nSPS) is 10.4. The molecule has 0 radical (unpaired) electrons.